The van der Waals surface area contributed by atoms with E-state index in [2.05, 4.69) is 23.9 Å². The van der Waals surface area contributed by atoms with Crippen LogP contribution in [0.3, 0.4) is 0 Å². The van der Waals surface area contributed by atoms with Gasteiger partial charge in [0.2, 0.25) is 5.91 Å². The van der Waals surface area contributed by atoms with Gasteiger partial charge in [-0.05, 0) is 43.2 Å². The number of carbonyl (C=O) groups excluding carboxylic acids is 1. The molecule has 1 aromatic carbocycles. The molecular formula is C18H26N4O. The lowest BCUT2D eigenvalue weighted by Gasteiger charge is -2.28. The van der Waals surface area contributed by atoms with E-state index in [1.54, 1.807) is 0 Å². The second kappa shape index (κ2) is 7.05. The molecule has 0 aliphatic heterocycles. The van der Waals surface area contributed by atoms with E-state index in [0.29, 0.717) is 13.1 Å². The van der Waals surface area contributed by atoms with E-state index >= 15 is 0 Å². The Labute approximate surface area is 138 Å². The van der Waals surface area contributed by atoms with Crippen LogP contribution >= 0.6 is 0 Å². The maximum atomic E-state index is 13.2. The topological polar surface area (TPSA) is 69.1 Å². The summed E-state index contributed by atoms with van der Waals surface area (Å²) < 4.78 is 0. The Morgan fingerprint density at radius 3 is 2.43 bits per heavy atom. The Morgan fingerprint density at radius 1 is 1.35 bits per heavy atom. The van der Waals surface area contributed by atoms with Crippen LogP contribution in [-0.4, -0.2) is 29.9 Å². The molecule has 3 atom stereocenters. The van der Waals surface area contributed by atoms with Crippen molar-refractivity contribution in [1.29, 1.82) is 0 Å². The third kappa shape index (κ3) is 3.06. The van der Waals surface area contributed by atoms with Gasteiger partial charge in [-0.25, -0.2) is 0 Å². The summed E-state index contributed by atoms with van der Waals surface area (Å²) in [6.07, 6.45) is 0.758. The molecule has 0 saturated heterocycles. The Balaban J connectivity index is 2.44. The van der Waals surface area contributed by atoms with Crippen LogP contribution in [0.2, 0.25) is 0 Å². The van der Waals surface area contributed by atoms with Gasteiger partial charge < -0.3 is 4.90 Å². The van der Waals surface area contributed by atoms with Crippen LogP contribution in [0, 0.1) is 11.8 Å². The molecule has 5 nitrogen and oxygen atoms in total. The molecule has 0 spiro atoms. The Hall–Kier alpha value is -2.00. The number of amides is 1. The molecule has 1 aliphatic rings. The number of rotatable bonds is 7. The van der Waals surface area contributed by atoms with E-state index in [9.17, 15) is 4.79 Å². The third-order valence-electron chi connectivity index (χ3n) is 5.02. The quantitative estimate of drug-likeness (QED) is 0.423. The lowest BCUT2D eigenvalue weighted by atomic mass is 9.86. The minimum Gasteiger partial charge on any atom is -0.342 e. The molecule has 1 aliphatic carbocycles. The highest BCUT2D eigenvalue weighted by Crippen LogP contribution is 2.59. The van der Waals surface area contributed by atoms with Crippen LogP contribution in [0.1, 0.15) is 39.7 Å². The molecule has 0 N–H and O–H groups in total. The molecule has 0 radical (unpaired) electrons. The molecule has 0 heterocycles. The number of azide groups is 1. The molecule has 5 heteroatoms. The zero-order chi connectivity index (χ0) is 17.0. The van der Waals surface area contributed by atoms with E-state index in [4.69, 9.17) is 5.53 Å². The maximum Gasteiger partial charge on any atom is 0.233 e. The first kappa shape index (κ1) is 17.4. The Kier molecular flexibility index (Phi) is 5.32. The smallest absolute Gasteiger partial charge is 0.233 e. The zero-order valence-corrected chi connectivity index (χ0v) is 14.4. The number of hydrogen-bond donors (Lipinski definition) is 0. The first-order valence-corrected chi connectivity index (χ1v) is 8.42. The predicted molar refractivity (Wildman–Crippen MR) is 91.9 cm³/mol. The van der Waals surface area contributed by atoms with Crippen molar-refractivity contribution in [2.75, 3.05) is 13.1 Å². The van der Waals surface area contributed by atoms with Gasteiger partial charge >= 0.3 is 0 Å². The first-order valence-electron chi connectivity index (χ1n) is 8.42. The number of carbonyl (C=O) groups is 1. The van der Waals surface area contributed by atoms with Crippen LogP contribution < -0.4 is 0 Å². The van der Waals surface area contributed by atoms with Crippen LogP contribution in [0.4, 0.5) is 0 Å². The first-order chi connectivity index (χ1) is 11.0. The molecule has 124 valence electrons. The number of hydrogen-bond acceptors (Lipinski definition) is 2. The van der Waals surface area contributed by atoms with Crippen LogP contribution in [0.5, 0.6) is 0 Å². The zero-order valence-electron chi connectivity index (χ0n) is 14.4. The number of nitrogens with zero attached hydrogens (tertiary/aromatic N) is 4. The van der Waals surface area contributed by atoms with Crippen LogP contribution in [0.15, 0.2) is 35.4 Å². The second-order valence-electron chi connectivity index (χ2n) is 6.56. The molecule has 0 aromatic heterocycles. The molecule has 2 rings (SSSR count). The van der Waals surface area contributed by atoms with Crippen molar-refractivity contribution in [1.82, 2.24) is 4.90 Å². The number of likely N-dealkylation sites (N-methyl/N-ethyl adjacent to an activating group) is 1. The van der Waals surface area contributed by atoms with Crippen molar-refractivity contribution in [3.63, 3.8) is 0 Å². The summed E-state index contributed by atoms with van der Waals surface area (Å²) >= 11 is 0. The highest BCUT2D eigenvalue weighted by Gasteiger charge is 2.64. The minimum absolute atomic E-state index is 0.0777. The summed E-state index contributed by atoms with van der Waals surface area (Å²) in [7, 11) is 0. The fourth-order valence-electron chi connectivity index (χ4n) is 3.67. The van der Waals surface area contributed by atoms with Crippen molar-refractivity contribution in [3.8, 4) is 0 Å². The van der Waals surface area contributed by atoms with E-state index < -0.39 is 5.41 Å². The fourth-order valence-corrected chi connectivity index (χ4v) is 3.67. The highest BCUT2D eigenvalue weighted by atomic mass is 16.2. The van der Waals surface area contributed by atoms with Gasteiger partial charge in [-0.15, -0.1) is 0 Å². The van der Waals surface area contributed by atoms with Gasteiger partial charge in [0.15, 0.2) is 0 Å². The standard InChI is InChI=1S/C18H26N4O/c1-5-22(6-2)17(23)18(14-10-8-7-9-11-14)12-15(18)16(13(3)4)20-21-19/h7-11,13,15-16H,5-6,12H2,1-4H3/t15-,16+,18+/m0/s1. The Bertz CT molecular complexity index is 590. The van der Waals surface area contributed by atoms with Crippen molar-refractivity contribution < 1.29 is 4.79 Å². The largest absolute Gasteiger partial charge is 0.342 e. The van der Waals surface area contributed by atoms with Gasteiger partial charge in [-0.3, -0.25) is 4.79 Å². The summed E-state index contributed by atoms with van der Waals surface area (Å²) in [5.41, 5.74) is 9.42. The summed E-state index contributed by atoms with van der Waals surface area (Å²) in [5, 5.41) is 4.01. The van der Waals surface area contributed by atoms with Crippen LogP contribution in [0.25, 0.3) is 10.4 Å². The van der Waals surface area contributed by atoms with Gasteiger partial charge in [-0.2, -0.15) is 0 Å². The lowest BCUT2D eigenvalue weighted by Crippen LogP contribution is -2.41. The molecular weight excluding hydrogens is 288 g/mol. The SMILES string of the molecule is CCN(CC)C(=O)[C@@]1(c2ccccc2)C[C@H]1[C@H](N=[N+]=[N-])C(C)C. The van der Waals surface area contributed by atoms with E-state index in [1.807, 2.05) is 49.1 Å². The van der Waals surface area contributed by atoms with E-state index in [0.717, 1.165) is 12.0 Å². The third-order valence-corrected chi connectivity index (χ3v) is 5.02. The van der Waals surface area contributed by atoms with Gasteiger partial charge in [0.05, 0.1) is 5.41 Å². The normalized spacial score (nSPS) is 24.0. The lowest BCUT2D eigenvalue weighted by molar-refractivity contribution is -0.134. The van der Waals surface area contributed by atoms with Gasteiger partial charge in [-0.1, -0.05) is 49.3 Å². The monoisotopic (exact) mass is 314 g/mol. The van der Waals surface area contributed by atoms with Gasteiger partial charge in [0.25, 0.3) is 0 Å². The van der Waals surface area contributed by atoms with E-state index in [-0.39, 0.29) is 23.8 Å². The summed E-state index contributed by atoms with van der Waals surface area (Å²) in [6, 6.07) is 9.80. The number of benzene rings is 1. The fraction of sp³-hybridized carbons (Fsp3) is 0.611. The van der Waals surface area contributed by atoms with Gasteiger partial charge in [0, 0.05) is 24.0 Å². The highest BCUT2D eigenvalue weighted by molar-refractivity contribution is 5.92. The Morgan fingerprint density at radius 2 is 1.96 bits per heavy atom. The molecule has 0 unspecified atom stereocenters. The van der Waals surface area contributed by atoms with Crippen molar-refractivity contribution in [2.45, 2.75) is 45.6 Å². The summed E-state index contributed by atoms with van der Waals surface area (Å²) in [6.45, 7) is 9.51. The van der Waals surface area contributed by atoms with E-state index in [1.165, 1.54) is 0 Å². The molecule has 1 saturated carbocycles. The van der Waals surface area contributed by atoms with Crippen molar-refractivity contribution in [2.24, 2.45) is 17.0 Å². The van der Waals surface area contributed by atoms with Crippen molar-refractivity contribution in [3.05, 3.63) is 46.3 Å². The second-order valence-corrected chi connectivity index (χ2v) is 6.56. The summed E-state index contributed by atoms with van der Waals surface area (Å²) in [5.74, 6) is 0.456. The van der Waals surface area contributed by atoms with Crippen LogP contribution in [-0.2, 0) is 10.2 Å². The average Bonchev–Trinajstić information content (AvgIpc) is 3.30. The molecule has 1 fully saturated rings. The van der Waals surface area contributed by atoms with Crippen molar-refractivity contribution >= 4 is 5.91 Å². The molecule has 1 amide bonds. The summed E-state index contributed by atoms with van der Waals surface area (Å²) in [4.78, 5) is 18.1. The molecule has 1 aromatic rings. The molecule has 23 heavy (non-hydrogen) atoms. The maximum absolute atomic E-state index is 13.2. The predicted octanol–water partition coefficient (Wildman–Crippen LogP) is 4.15. The average molecular weight is 314 g/mol. The molecule has 0 bridgehead atoms. The minimum atomic E-state index is -0.531. The van der Waals surface area contributed by atoms with Gasteiger partial charge in [0.1, 0.15) is 0 Å².